The van der Waals surface area contributed by atoms with Gasteiger partial charge in [0, 0.05) is 10.6 Å². The molecule has 84 valence electrons. The van der Waals surface area contributed by atoms with E-state index in [1.807, 2.05) is 0 Å². The Morgan fingerprint density at radius 3 is 2.27 bits per heavy atom. The largest absolute Gasteiger partial charge is 0.229 e. The maximum absolute atomic E-state index is 10.7. The van der Waals surface area contributed by atoms with Crippen LogP contribution in [0.25, 0.3) is 0 Å². The van der Waals surface area contributed by atoms with Crippen molar-refractivity contribution in [1.29, 1.82) is 0 Å². The molecule has 0 aromatic heterocycles. The highest BCUT2D eigenvalue weighted by molar-refractivity contribution is 8.00. The molecule has 7 heteroatoms. The van der Waals surface area contributed by atoms with Gasteiger partial charge in [-0.2, -0.15) is 0 Å². The molecule has 0 atom stereocenters. The molecule has 0 radical (unpaired) electrons. The van der Waals surface area contributed by atoms with Gasteiger partial charge in [0.05, 0.1) is 15.8 Å². The SMILES string of the molecule is NS(=O)(=O)CCSc1c(Cl)cccc1Cl. The molecule has 1 aromatic carbocycles. The second-order valence-electron chi connectivity index (χ2n) is 2.77. The molecular weight excluding hydrogens is 277 g/mol. The molecule has 0 aliphatic carbocycles. The fourth-order valence-electron chi connectivity index (χ4n) is 0.880. The lowest BCUT2D eigenvalue weighted by Crippen LogP contribution is -2.17. The minimum absolute atomic E-state index is 0.0980. The fourth-order valence-corrected chi connectivity index (χ4v) is 3.48. The maximum Gasteiger partial charge on any atom is 0.209 e. The van der Waals surface area contributed by atoms with Gasteiger partial charge in [0.2, 0.25) is 10.0 Å². The summed E-state index contributed by atoms with van der Waals surface area (Å²) in [5, 5.41) is 5.90. The molecule has 0 aliphatic rings. The van der Waals surface area contributed by atoms with Crippen molar-refractivity contribution in [1.82, 2.24) is 0 Å². The van der Waals surface area contributed by atoms with Crippen LogP contribution in [0, 0.1) is 0 Å². The van der Waals surface area contributed by atoms with Crippen LogP contribution in [0.1, 0.15) is 0 Å². The summed E-state index contributed by atoms with van der Waals surface area (Å²) >= 11 is 13.1. The van der Waals surface area contributed by atoms with Crippen molar-refractivity contribution < 1.29 is 8.42 Å². The Bertz CT molecular complexity index is 428. The van der Waals surface area contributed by atoms with Gasteiger partial charge in [-0.15, -0.1) is 11.8 Å². The quantitative estimate of drug-likeness (QED) is 0.864. The van der Waals surface area contributed by atoms with E-state index in [1.54, 1.807) is 18.2 Å². The van der Waals surface area contributed by atoms with Crippen LogP contribution in [0.4, 0.5) is 0 Å². The third-order valence-electron chi connectivity index (χ3n) is 1.53. The fraction of sp³-hybridized carbons (Fsp3) is 0.250. The zero-order valence-electron chi connectivity index (χ0n) is 7.61. The third-order valence-corrected chi connectivity index (χ3v) is 4.56. The number of thioether (sulfide) groups is 1. The molecule has 3 nitrogen and oxygen atoms in total. The number of benzene rings is 1. The van der Waals surface area contributed by atoms with E-state index in [4.69, 9.17) is 28.3 Å². The summed E-state index contributed by atoms with van der Waals surface area (Å²) in [7, 11) is -3.43. The van der Waals surface area contributed by atoms with Gasteiger partial charge in [-0.25, -0.2) is 13.6 Å². The third kappa shape index (κ3) is 4.61. The van der Waals surface area contributed by atoms with Crippen LogP contribution in [-0.4, -0.2) is 19.9 Å². The number of nitrogens with two attached hydrogens (primary N) is 1. The van der Waals surface area contributed by atoms with Crippen molar-refractivity contribution >= 4 is 45.0 Å². The molecule has 0 spiro atoms. The number of primary sulfonamides is 1. The number of hydrogen-bond donors (Lipinski definition) is 1. The van der Waals surface area contributed by atoms with E-state index in [0.717, 1.165) is 0 Å². The van der Waals surface area contributed by atoms with Gasteiger partial charge in [-0.05, 0) is 12.1 Å². The summed E-state index contributed by atoms with van der Waals surface area (Å²) in [6, 6.07) is 5.13. The minimum atomic E-state index is -3.43. The zero-order valence-corrected chi connectivity index (χ0v) is 10.8. The molecule has 15 heavy (non-hydrogen) atoms. The van der Waals surface area contributed by atoms with Crippen molar-refractivity contribution in [2.24, 2.45) is 5.14 Å². The Labute approximate surface area is 103 Å². The summed E-state index contributed by atoms with van der Waals surface area (Å²) in [6.07, 6.45) is 0. The molecule has 1 rings (SSSR count). The highest BCUT2D eigenvalue weighted by atomic mass is 35.5. The predicted molar refractivity (Wildman–Crippen MR) is 65.2 cm³/mol. The van der Waals surface area contributed by atoms with E-state index in [-0.39, 0.29) is 5.75 Å². The number of halogens is 2. The van der Waals surface area contributed by atoms with Gasteiger partial charge in [0.25, 0.3) is 0 Å². The number of sulfonamides is 1. The average molecular weight is 286 g/mol. The lowest BCUT2D eigenvalue weighted by Gasteiger charge is -2.05. The highest BCUT2D eigenvalue weighted by Gasteiger charge is 2.08. The van der Waals surface area contributed by atoms with Crippen molar-refractivity contribution in [2.75, 3.05) is 11.5 Å². The molecule has 0 fully saturated rings. The minimum Gasteiger partial charge on any atom is -0.229 e. The van der Waals surface area contributed by atoms with Crippen LogP contribution in [0.15, 0.2) is 23.1 Å². The highest BCUT2D eigenvalue weighted by Crippen LogP contribution is 2.33. The van der Waals surface area contributed by atoms with Crippen molar-refractivity contribution in [3.05, 3.63) is 28.2 Å². The second-order valence-corrected chi connectivity index (χ2v) is 6.42. The normalized spacial score (nSPS) is 11.7. The molecule has 2 N–H and O–H groups in total. The molecule has 0 saturated carbocycles. The summed E-state index contributed by atoms with van der Waals surface area (Å²) in [5.74, 6) is 0.238. The van der Waals surface area contributed by atoms with Crippen molar-refractivity contribution in [3.8, 4) is 0 Å². The first-order chi connectivity index (χ1) is 6.90. The zero-order chi connectivity index (χ0) is 11.5. The molecule has 0 amide bonds. The van der Waals surface area contributed by atoms with Gasteiger partial charge >= 0.3 is 0 Å². The van der Waals surface area contributed by atoms with Gasteiger partial charge in [0.1, 0.15) is 0 Å². The van der Waals surface area contributed by atoms with Crippen LogP contribution >= 0.6 is 35.0 Å². The number of hydrogen-bond acceptors (Lipinski definition) is 3. The Morgan fingerprint density at radius 1 is 1.27 bits per heavy atom. The van der Waals surface area contributed by atoms with E-state index in [1.165, 1.54) is 11.8 Å². The first-order valence-corrected chi connectivity index (χ1v) is 7.43. The van der Waals surface area contributed by atoms with Crippen molar-refractivity contribution in [3.63, 3.8) is 0 Å². The lowest BCUT2D eigenvalue weighted by atomic mass is 10.4. The standard InChI is InChI=1S/C8H9Cl2NO2S2/c9-6-2-1-3-7(10)8(6)14-4-5-15(11,12)13/h1-3H,4-5H2,(H2,11,12,13). The summed E-state index contributed by atoms with van der Waals surface area (Å²) in [5.41, 5.74) is 0. The Kier molecular flexibility index (Phi) is 4.73. The van der Waals surface area contributed by atoms with Gasteiger partial charge in [0.15, 0.2) is 0 Å². The van der Waals surface area contributed by atoms with Crippen LogP contribution < -0.4 is 5.14 Å². The number of rotatable bonds is 4. The maximum atomic E-state index is 10.7. The Hall–Kier alpha value is 0.0600. The molecule has 0 aliphatic heterocycles. The smallest absolute Gasteiger partial charge is 0.209 e. The first kappa shape index (κ1) is 13.1. The van der Waals surface area contributed by atoms with E-state index < -0.39 is 10.0 Å². The van der Waals surface area contributed by atoms with Crippen molar-refractivity contribution in [2.45, 2.75) is 4.90 Å². The molecule has 0 bridgehead atoms. The predicted octanol–water partition coefficient (Wildman–Crippen LogP) is 2.37. The van der Waals surface area contributed by atoms with E-state index in [2.05, 4.69) is 0 Å². The monoisotopic (exact) mass is 285 g/mol. The van der Waals surface area contributed by atoms with E-state index in [9.17, 15) is 8.42 Å². The van der Waals surface area contributed by atoms with Crippen LogP contribution in [-0.2, 0) is 10.0 Å². The second kappa shape index (κ2) is 5.41. The van der Waals surface area contributed by atoms with E-state index in [0.29, 0.717) is 20.7 Å². The van der Waals surface area contributed by atoms with Gasteiger partial charge in [-0.3, -0.25) is 0 Å². The topological polar surface area (TPSA) is 60.2 Å². The molecule has 0 unspecified atom stereocenters. The summed E-state index contributed by atoms with van der Waals surface area (Å²) in [4.78, 5) is 0.685. The molecule has 0 heterocycles. The average Bonchev–Trinajstić information content (AvgIpc) is 2.08. The van der Waals surface area contributed by atoms with Crippen LogP contribution in [0.2, 0.25) is 10.0 Å². The summed E-state index contributed by atoms with van der Waals surface area (Å²) in [6.45, 7) is 0. The Balaban J connectivity index is 2.66. The molecule has 1 aromatic rings. The van der Waals surface area contributed by atoms with E-state index >= 15 is 0 Å². The first-order valence-electron chi connectivity index (χ1n) is 3.97. The summed E-state index contributed by atoms with van der Waals surface area (Å²) < 4.78 is 21.4. The van der Waals surface area contributed by atoms with Gasteiger partial charge in [-0.1, -0.05) is 29.3 Å². The Morgan fingerprint density at radius 2 is 1.80 bits per heavy atom. The van der Waals surface area contributed by atoms with Crippen LogP contribution in [0.3, 0.4) is 0 Å². The van der Waals surface area contributed by atoms with Gasteiger partial charge < -0.3 is 0 Å². The van der Waals surface area contributed by atoms with Crippen LogP contribution in [0.5, 0.6) is 0 Å². The lowest BCUT2D eigenvalue weighted by molar-refractivity contribution is 0.599. The molecular formula is C8H9Cl2NO2S2. The molecule has 0 saturated heterocycles.